The standard InChI is InChI=1S/C22H18BrFN2O3/c1-14(27)25-16-10-11-19(24)20(12-16)26-22(28)17-7-3-5-9-21(17)29-13-15-6-2-4-8-18(15)23/h2-12H,13H2,1H3,(H,25,27)(H,26,28). The Morgan fingerprint density at radius 3 is 2.48 bits per heavy atom. The van der Waals surface area contributed by atoms with Crippen molar-refractivity contribution in [2.75, 3.05) is 10.6 Å². The van der Waals surface area contributed by atoms with Crippen LogP contribution in [0.2, 0.25) is 0 Å². The molecule has 0 saturated carbocycles. The summed E-state index contributed by atoms with van der Waals surface area (Å²) in [4.78, 5) is 23.9. The third-order valence-corrected chi connectivity index (χ3v) is 4.78. The summed E-state index contributed by atoms with van der Waals surface area (Å²) in [6.45, 7) is 1.61. The lowest BCUT2D eigenvalue weighted by Crippen LogP contribution is -2.15. The molecular formula is C22H18BrFN2O3. The van der Waals surface area contributed by atoms with Gasteiger partial charge in [-0.15, -0.1) is 0 Å². The molecule has 0 fully saturated rings. The van der Waals surface area contributed by atoms with Gasteiger partial charge in [0.1, 0.15) is 18.2 Å². The monoisotopic (exact) mass is 456 g/mol. The van der Waals surface area contributed by atoms with E-state index >= 15 is 0 Å². The van der Waals surface area contributed by atoms with Crippen LogP contribution in [-0.4, -0.2) is 11.8 Å². The molecule has 0 aromatic heterocycles. The lowest BCUT2D eigenvalue weighted by molar-refractivity contribution is -0.114. The van der Waals surface area contributed by atoms with Crippen molar-refractivity contribution in [1.29, 1.82) is 0 Å². The quantitative estimate of drug-likeness (QED) is 0.523. The topological polar surface area (TPSA) is 67.4 Å². The molecule has 0 unspecified atom stereocenters. The molecule has 3 aromatic rings. The van der Waals surface area contributed by atoms with Gasteiger partial charge in [0.15, 0.2) is 0 Å². The van der Waals surface area contributed by atoms with Crippen LogP contribution in [-0.2, 0) is 11.4 Å². The van der Waals surface area contributed by atoms with Gasteiger partial charge in [-0.25, -0.2) is 4.39 Å². The number of nitrogens with one attached hydrogen (secondary N) is 2. The zero-order chi connectivity index (χ0) is 20.8. The van der Waals surface area contributed by atoms with Crippen molar-refractivity contribution in [3.05, 3.63) is 88.1 Å². The second-order valence-corrected chi connectivity index (χ2v) is 7.06. The van der Waals surface area contributed by atoms with Crippen molar-refractivity contribution in [2.24, 2.45) is 0 Å². The van der Waals surface area contributed by atoms with E-state index in [1.54, 1.807) is 24.3 Å². The van der Waals surface area contributed by atoms with E-state index in [-0.39, 0.29) is 23.8 Å². The molecule has 0 spiro atoms. The number of ether oxygens (including phenoxy) is 1. The van der Waals surface area contributed by atoms with Crippen LogP contribution in [0.4, 0.5) is 15.8 Å². The van der Waals surface area contributed by atoms with Gasteiger partial charge in [0.25, 0.3) is 5.91 Å². The zero-order valence-corrected chi connectivity index (χ0v) is 17.1. The van der Waals surface area contributed by atoms with Crippen molar-refractivity contribution in [1.82, 2.24) is 0 Å². The summed E-state index contributed by atoms with van der Waals surface area (Å²) in [5.41, 5.74) is 1.54. The Balaban J connectivity index is 1.78. The minimum Gasteiger partial charge on any atom is -0.488 e. The van der Waals surface area contributed by atoms with E-state index in [0.29, 0.717) is 11.4 Å². The van der Waals surface area contributed by atoms with Crippen molar-refractivity contribution in [3.8, 4) is 5.75 Å². The van der Waals surface area contributed by atoms with Crippen molar-refractivity contribution >= 4 is 39.1 Å². The first-order valence-electron chi connectivity index (χ1n) is 8.78. The minimum atomic E-state index is -0.612. The lowest BCUT2D eigenvalue weighted by Gasteiger charge is -2.13. The van der Waals surface area contributed by atoms with Gasteiger partial charge in [0.2, 0.25) is 5.91 Å². The molecule has 29 heavy (non-hydrogen) atoms. The normalized spacial score (nSPS) is 10.3. The van der Waals surface area contributed by atoms with Crippen LogP contribution < -0.4 is 15.4 Å². The smallest absolute Gasteiger partial charge is 0.259 e. The SMILES string of the molecule is CC(=O)Nc1ccc(F)c(NC(=O)c2ccccc2OCc2ccccc2Br)c1. The third kappa shape index (κ3) is 5.42. The Morgan fingerprint density at radius 2 is 1.72 bits per heavy atom. The highest BCUT2D eigenvalue weighted by molar-refractivity contribution is 9.10. The number of amides is 2. The summed E-state index contributed by atoms with van der Waals surface area (Å²) in [6, 6.07) is 18.3. The number of hydrogen-bond donors (Lipinski definition) is 2. The van der Waals surface area contributed by atoms with Crippen LogP contribution in [0, 0.1) is 5.82 Å². The van der Waals surface area contributed by atoms with E-state index in [4.69, 9.17) is 4.74 Å². The van der Waals surface area contributed by atoms with Gasteiger partial charge in [0, 0.05) is 22.6 Å². The molecule has 0 radical (unpaired) electrons. The maximum atomic E-state index is 14.1. The maximum Gasteiger partial charge on any atom is 0.259 e. The van der Waals surface area contributed by atoms with Gasteiger partial charge in [-0.2, -0.15) is 0 Å². The number of anilines is 2. The number of rotatable bonds is 6. The molecule has 2 N–H and O–H groups in total. The highest BCUT2D eigenvalue weighted by Gasteiger charge is 2.15. The molecular weight excluding hydrogens is 439 g/mol. The molecule has 0 aliphatic rings. The molecule has 5 nitrogen and oxygen atoms in total. The molecule has 0 bridgehead atoms. The van der Waals surface area contributed by atoms with E-state index in [2.05, 4.69) is 26.6 Å². The Morgan fingerprint density at radius 1 is 1.00 bits per heavy atom. The van der Waals surface area contributed by atoms with Crippen LogP contribution in [0.1, 0.15) is 22.8 Å². The fraction of sp³-hybridized carbons (Fsp3) is 0.0909. The van der Waals surface area contributed by atoms with Crippen LogP contribution in [0.25, 0.3) is 0 Å². The predicted molar refractivity (Wildman–Crippen MR) is 114 cm³/mol. The van der Waals surface area contributed by atoms with E-state index in [0.717, 1.165) is 10.0 Å². The molecule has 148 valence electrons. The minimum absolute atomic E-state index is 0.0399. The molecule has 0 heterocycles. The van der Waals surface area contributed by atoms with E-state index in [1.807, 2.05) is 24.3 Å². The molecule has 0 aliphatic heterocycles. The molecule has 0 saturated heterocycles. The van der Waals surface area contributed by atoms with Gasteiger partial charge >= 0.3 is 0 Å². The van der Waals surface area contributed by atoms with E-state index in [1.165, 1.54) is 25.1 Å². The van der Waals surface area contributed by atoms with Crippen LogP contribution in [0.15, 0.2) is 71.2 Å². The first-order valence-corrected chi connectivity index (χ1v) is 9.57. The van der Waals surface area contributed by atoms with Gasteiger partial charge in [-0.05, 0) is 36.4 Å². The Labute approximate surface area is 176 Å². The molecule has 7 heteroatoms. The number of halogens is 2. The fourth-order valence-electron chi connectivity index (χ4n) is 2.64. The number of para-hydroxylation sites is 1. The highest BCUT2D eigenvalue weighted by atomic mass is 79.9. The summed E-state index contributed by atoms with van der Waals surface area (Å²) in [5.74, 6) is -1.05. The molecule has 0 atom stereocenters. The first kappa shape index (κ1) is 20.5. The zero-order valence-electron chi connectivity index (χ0n) is 15.5. The van der Waals surface area contributed by atoms with Crippen molar-refractivity contribution in [3.63, 3.8) is 0 Å². The maximum absolute atomic E-state index is 14.1. The Hall–Kier alpha value is -3.19. The Bertz CT molecular complexity index is 1060. The largest absolute Gasteiger partial charge is 0.488 e. The second kappa shape index (κ2) is 9.34. The average Bonchev–Trinajstić information content (AvgIpc) is 2.69. The van der Waals surface area contributed by atoms with Gasteiger partial charge in [-0.3, -0.25) is 9.59 Å². The van der Waals surface area contributed by atoms with Crippen LogP contribution >= 0.6 is 15.9 Å². The number of carbonyl (C=O) groups excluding carboxylic acids is 2. The fourth-order valence-corrected chi connectivity index (χ4v) is 3.04. The lowest BCUT2D eigenvalue weighted by atomic mass is 10.1. The second-order valence-electron chi connectivity index (χ2n) is 6.21. The highest BCUT2D eigenvalue weighted by Crippen LogP contribution is 2.25. The van der Waals surface area contributed by atoms with Gasteiger partial charge in [-0.1, -0.05) is 46.3 Å². The van der Waals surface area contributed by atoms with Crippen LogP contribution in [0.3, 0.4) is 0 Å². The summed E-state index contributed by atoms with van der Waals surface area (Å²) < 4.78 is 20.9. The molecule has 2 amide bonds. The summed E-state index contributed by atoms with van der Waals surface area (Å²) in [7, 11) is 0. The van der Waals surface area contributed by atoms with Gasteiger partial charge in [0.05, 0.1) is 11.3 Å². The molecule has 0 aliphatic carbocycles. The van der Waals surface area contributed by atoms with Crippen molar-refractivity contribution in [2.45, 2.75) is 13.5 Å². The summed E-state index contributed by atoms with van der Waals surface area (Å²) in [6.07, 6.45) is 0. The van der Waals surface area contributed by atoms with Crippen molar-refractivity contribution < 1.29 is 18.7 Å². The number of carbonyl (C=O) groups is 2. The summed E-state index contributed by atoms with van der Waals surface area (Å²) >= 11 is 3.46. The first-order chi connectivity index (χ1) is 13.9. The molecule has 3 rings (SSSR count). The van der Waals surface area contributed by atoms with E-state index < -0.39 is 11.7 Å². The Kier molecular flexibility index (Phi) is 6.61. The number of benzene rings is 3. The average molecular weight is 457 g/mol. The number of hydrogen-bond acceptors (Lipinski definition) is 3. The summed E-state index contributed by atoms with van der Waals surface area (Å²) in [5, 5.41) is 5.09. The molecule has 3 aromatic carbocycles. The predicted octanol–water partition coefficient (Wildman–Crippen LogP) is 5.38. The third-order valence-electron chi connectivity index (χ3n) is 4.01. The van der Waals surface area contributed by atoms with Gasteiger partial charge < -0.3 is 15.4 Å². The van der Waals surface area contributed by atoms with Crippen LogP contribution in [0.5, 0.6) is 5.75 Å². The van der Waals surface area contributed by atoms with E-state index in [9.17, 15) is 14.0 Å².